The predicted molar refractivity (Wildman–Crippen MR) is 116 cm³/mol. The van der Waals surface area contributed by atoms with Crippen molar-refractivity contribution in [1.29, 1.82) is 0 Å². The molecule has 5 heteroatoms. The molecule has 1 amide bonds. The Kier molecular flexibility index (Phi) is 4.66. The molecule has 29 heavy (non-hydrogen) atoms. The molecule has 1 aromatic heterocycles. The van der Waals surface area contributed by atoms with Crippen molar-refractivity contribution in [2.24, 2.45) is 0 Å². The van der Waals surface area contributed by atoms with Crippen LogP contribution in [0.5, 0.6) is 0 Å². The minimum absolute atomic E-state index is 0.0211. The Balaban J connectivity index is 1.51. The van der Waals surface area contributed by atoms with E-state index in [9.17, 15) is 4.79 Å². The van der Waals surface area contributed by atoms with E-state index in [0.29, 0.717) is 6.04 Å². The number of hydrogen-bond acceptors (Lipinski definition) is 4. The number of fused-ring (bicyclic) bond motifs is 1. The van der Waals surface area contributed by atoms with Crippen LogP contribution in [0.15, 0.2) is 42.6 Å². The second-order valence-corrected chi connectivity index (χ2v) is 8.30. The molecule has 1 aliphatic heterocycles. The molecule has 5 nitrogen and oxygen atoms in total. The highest BCUT2D eigenvalue weighted by Crippen LogP contribution is 2.32. The Morgan fingerprint density at radius 1 is 1.07 bits per heavy atom. The highest BCUT2D eigenvalue weighted by Gasteiger charge is 2.24. The Labute approximate surface area is 171 Å². The average Bonchev–Trinajstić information content (AvgIpc) is 3.58. The quantitative estimate of drug-likeness (QED) is 0.718. The predicted octanol–water partition coefficient (Wildman–Crippen LogP) is 4.49. The van der Waals surface area contributed by atoms with Crippen molar-refractivity contribution < 1.29 is 4.79 Å². The first-order chi connectivity index (χ1) is 14.2. The lowest BCUT2D eigenvalue weighted by molar-refractivity contribution is 0.0951. The largest absolute Gasteiger partial charge is 0.355 e. The number of carbonyl (C=O) groups is 1. The minimum Gasteiger partial charge on any atom is -0.355 e. The van der Waals surface area contributed by atoms with Gasteiger partial charge in [0.2, 0.25) is 0 Å². The molecule has 2 aliphatic rings. The number of carbonyl (C=O) groups excluding carboxylic acids is 1. The number of aryl methyl sites for hydroxylation is 1. The molecule has 1 saturated heterocycles. The first kappa shape index (κ1) is 18.1. The van der Waals surface area contributed by atoms with Crippen LogP contribution in [-0.4, -0.2) is 35.2 Å². The Morgan fingerprint density at radius 2 is 1.90 bits per heavy atom. The van der Waals surface area contributed by atoms with Gasteiger partial charge in [-0.15, -0.1) is 5.10 Å². The molecule has 0 spiro atoms. The van der Waals surface area contributed by atoms with Crippen LogP contribution in [0.1, 0.15) is 48.0 Å². The number of rotatable bonds is 4. The van der Waals surface area contributed by atoms with E-state index in [4.69, 9.17) is 0 Å². The number of hydrogen-bond donors (Lipinski definition) is 1. The summed E-state index contributed by atoms with van der Waals surface area (Å²) in [6.45, 7) is 4.19. The van der Waals surface area contributed by atoms with Crippen LogP contribution in [0, 0.1) is 6.92 Å². The number of nitrogens with one attached hydrogen (secondary N) is 1. The van der Waals surface area contributed by atoms with Gasteiger partial charge in [0.25, 0.3) is 5.91 Å². The number of amides is 1. The molecular formula is C24H26N4O. The molecule has 5 rings (SSSR count). The van der Waals surface area contributed by atoms with Gasteiger partial charge in [-0.05, 0) is 80.0 Å². The molecule has 2 fully saturated rings. The first-order valence-electron chi connectivity index (χ1n) is 10.6. The molecule has 2 aromatic carbocycles. The van der Waals surface area contributed by atoms with E-state index in [-0.39, 0.29) is 5.91 Å². The van der Waals surface area contributed by atoms with E-state index in [1.807, 2.05) is 24.4 Å². The van der Waals surface area contributed by atoms with Crippen LogP contribution in [0.2, 0.25) is 0 Å². The third kappa shape index (κ3) is 3.69. The Hall–Kier alpha value is -2.95. The second-order valence-electron chi connectivity index (χ2n) is 8.30. The lowest BCUT2D eigenvalue weighted by Crippen LogP contribution is -2.30. The minimum atomic E-state index is 0.0211. The lowest BCUT2D eigenvalue weighted by Gasteiger charge is -2.28. The van der Waals surface area contributed by atoms with E-state index in [2.05, 4.69) is 45.5 Å². The van der Waals surface area contributed by atoms with Crippen LogP contribution in [0.3, 0.4) is 0 Å². The second kappa shape index (κ2) is 7.47. The van der Waals surface area contributed by atoms with Gasteiger partial charge in [0.15, 0.2) is 5.82 Å². The van der Waals surface area contributed by atoms with Gasteiger partial charge in [-0.3, -0.25) is 4.79 Å². The van der Waals surface area contributed by atoms with Crippen molar-refractivity contribution in [3.05, 3.63) is 53.7 Å². The zero-order valence-corrected chi connectivity index (χ0v) is 16.8. The molecule has 1 saturated carbocycles. The number of anilines is 1. The van der Waals surface area contributed by atoms with Gasteiger partial charge >= 0.3 is 0 Å². The van der Waals surface area contributed by atoms with Crippen molar-refractivity contribution in [3.63, 3.8) is 0 Å². The van der Waals surface area contributed by atoms with Gasteiger partial charge in [0, 0.05) is 35.5 Å². The van der Waals surface area contributed by atoms with E-state index < -0.39 is 0 Å². The third-order valence-corrected chi connectivity index (χ3v) is 6.02. The Morgan fingerprint density at radius 3 is 2.69 bits per heavy atom. The van der Waals surface area contributed by atoms with Crippen molar-refractivity contribution in [2.45, 2.75) is 45.1 Å². The smallest absolute Gasteiger partial charge is 0.251 e. The fourth-order valence-electron chi connectivity index (χ4n) is 4.15. The number of piperidine rings is 1. The molecule has 3 aromatic rings. The summed E-state index contributed by atoms with van der Waals surface area (Å²) in [5.41, 5.74) is 4.07. The summed E-state index contributed by atoms with van der Waals surface area (Å²) >= 11 is 0. The zero-order chi connectivity index (χ0) is 19.8. The molecule has 2 heterocycles. The fraction of sp³-hybridized carbons (Fsp3) is 0.375. The van der Waals surface area contributed by atoms with Gasteiger partial charge in [-0.1, -0.05) is 12.1 Å². The summed E-state index contributed by atoms with van der Waals surface area (Å²) in [6.07, 6.45) is 7.75. The molecule has 148 valence electrons. The molecule has 1 aliphatic carbocycles. The summed E-state index contributed by atoms with van der Waals surface area (Å²) in [4.78, 5) is 14.8. The van der Waals surface area contributed by atoms with Crippen LogP contribution in [0.4, 0.5) is 5.82 Å². The average molecular weight is 386 g/mol. The standard InChI is InChI=1S/C24H26N4O/c1-16-5-6-18(24(29)26-20-8-9-20)14-22(16)17-7-10-21-19(13-17)15-25-27-23(21)28-11-3-2-4-12-28/h5-7,10,13-15,20H,2-4,8-9,11-12H2,1H3,(H,26,29). The van der Waals surface area contributed by atoms with Gasteiger partial charge < -0.3 is 10.2 Å². The number of benzene rings is 2. The van der Waals surface area contributed by atoms with Crippen molar-refractivity contribution >= 4 is 22.5 Å². The van der Waals surface area contributed by atoms with Crippen molar-refractivity contribution in [1.82, 2.24) is 15.5 Å². The highest BCUT2D eigenvalue weighted by atomic mass is 16.1. The van der Waals surface area contributed by atoms with Crippen LogP contribution < -0.4 is 10.2 Å². The summed E-state index contributed by atoms with van der Waals surface area (Å²) in [5.74, 6) is 1.01. The van der Waals surface area contributed by atoms with Gasteiger partial charge in [-0.2, -0.15) is 5.10 Å². The fourth-order valence-corrected chi connectivity index (χ4v) is 4.15. The molecule has 0 unspecified atom stereocenters. The number of aromatic nitrogens is 2. The maximum Gasteiger partial charge on any atom is 0.251 e. The highest BCUT2D eigenvalue weighted by molar-refractivity contribution is 5.98. The monoisotopic (exact) mass is 386 g/mol. The van der Waals surface area contributed by atoms with Gasteiger partial charge in [0.05, 0.1) is 6.20 Å². The summed E-state index contributed by atoms with van der Waals surface area (Å²) in [7, 11) is 0. The molecule has 0 radical (unpaired) electrons. The van der Waals surface area contributed by atoms with Gasteiger partial charge in [-0.25, -0.2) is 0 Å². The molecular weight excluding hydrogens is 360 g/mol. The third-order valence-electron chi connectivity index (χ3n) is 6.02. The van der Waals surface area contributed by atoms with Crippen LogP contribution in [0.25, 0.3) is 21.9 Å². The van der Waals surface area contributed by atoms with Crippen molar-refractivity contribution in [2.75, 3.05) is 18.0 Å². The first-order valence-corrected chi connectivity index (χ1v) is 10.6. The summed E-state index contributed by atoms with van der Waals surface area (Å²) in [5, 5.41) is 14.0. The maximum atomic E-state index is 12.5. The van der Waals surface area contributed by atoms with E-state index in [1.165, 1.54) is 19.3 Å². The van der Waals surface area contributed by atoms with Crippen LogP contribution >= 0.6 is 0 Å². The maximum absolute atomic E-state index is 12.5. The Bertz CT molecular complexity index is 1070. The van der Waals surface area contributed by atoms with Crippen LogP contribution in [-0.2, 0) is 0 Å². The van der Waals surface area contributed by atoms with Gasteiger partial charge in [0.1, 0.15) is 0 Å². The topological polar surface area (TPSA) is 58.1 Å². The summed E-state index contributed by atoms with van der Waals surface area (Å²) < 4.78 is 0. The van der Waals surface area contributed by atoms with Crippen molar-refractivity contribution in [3.8, 4) is 11.1 Å². The van der Waals surface area contributed by atoms with E-state index >= 15 is 0 Å². The SMILES string of the molecule is Cc1ccc(C(=O)NC2CC2)cc1-c1ccc2c(N3CCCCC3)nncc2c1. The molecule has 0 atom stereocenters. The number of nitrogens with zero attached hydrogens (tertiary/aromatic N) is 3. The summed E-state index contributed by atoms with van der Waals surface area (Å²) in [6, 6.07) is 12.8. The van der Waals surface area contributed by atoms with E-state index in [0.717, 1.165) is 64.8 Å². The lowest BCUT2D eigenvalue weighted by atomic mass is 9.96. The van der Waals surface area contributed by atoms with E-state index in [1.54, 1.807) is 0 Å². The zero-order valence-electron chi connectivity index (χ0n) is 16.8. The molecule has 1 N–H and O–H groups in total. The molecule has 0 bridgehead atoms. The normalized spacial score (nSPS) is 16.8.